The molecule has 0 fully saturated rings. The lowest BCUT2D eigenvalue weighted by Gasteiger charge is -2.19. The van der Waals surface area contributed by atoms with Crippen LogP contribution >= 0.6 is 0 Å². The quantitative estimate of drug-likeness (QED) is 0.656. The molecule has 0 amide bonds. The predicted octanol–water partition coefficient (Wildman–Crippen LogP) is 0.789. The molecule has 0 rings (SSSR count). The van der Waals surface area contributed by atoms with Gasteiger partial charge in [0.2, 0.25) is 0 Å². The first kappa shape index (κ1) is 10.4. The fourth-order valence-corrected chi connectivity index (χ4v) is 0.931. The Morgan fingerprint density at radius 1 is 1.55 bits per heavy atom. The van der Waals surface area contributed by atoms with Gasteiger partial charge in [-0.2, -0.15) is 5.26 Å². The van der Waals surface area contributed by atoms with E-state index in [4.69, 9.17) is 10.00 Å². The third-order valence-electron chi connectivity index (χ3n) is 1.73. The molecule has 0 saturated carbocycles. The number of nitrogens with zero attached hydrogens (tertiary/aromatic N) is 1. The fraction of sp³-hybridized carbons (Fsp3) is 0.875. The summed E-state index contributed by atoms with van der Waals surface area (Å²) in [7, 11) is 1.58. The van der Waals surface area contributed by atoms with E-state index in [2.05, 4.69) is 0 Å². The average molecular weight is 157 g/mol. The zero-order valence-electron chi connectivity index (χ0n) is 7.24. The summed E-state index contributed by atoms with van der Waals surface area (Å²) >= 11 is 0. The van der Waals surface area contributed by atoms with Crippen LogP contribution in [0, 0.1) is 23.2 Å². The van der Waals surface area contributed by atoms with Crippen LogP contribution in [0.2, 0.25) is 0 Å². The summed E-state index contributed by atoms with van der Waals surface area (Å²) in [5.41, 5.74) is 0. The minimum atomic E-state index is -0.583. The molecule has 64 valence electrons. The van der Waals surface area contributed by atoms with Crippen molar-refractivity contribution in [1.82, 2.24) is 0 Å². The second-order valence-corrected chi connectivity index (χ2v) is 2.84. The molecule has 3 atom stereocenters. The van der Waals surface area contributed by atoms with E-state index in [1.807, 2.05) is 13.0 Å². The van der Waals surface area contributed by atoms with Gasteiger partial charge in [-0.05, 0) is 6.92 Å². The molecule has 0 bridgehead atoms. The van der Waals surface area contributed by atoms with Crippen LogP contribution in [0.1, 0.15) is 13.8 Å². The number of hydrogen-bond acceptors (Lipinski definition) is 3. The Labute approximate surface area is 67.6 Å². The number of hydrogen-bond donors (Lipinski definition) is 1. The highest BCUT2D eigenvalue weighted by Gasteiger charge is 2.20. The Balaban J connectivity index is 3.82. The highest BCUT2D eigenvalue weighted by atomic mass is 16.5. The molecule has 3 nitrogen and oxygen atoms in total. The Hall–Kier alpha value is -0.590. The van der Waals surface area contributed by atoms with E-state index in [0.717, 1.165) is 0 Å². The van der Waals surface area contributed by atoms with Gasteiger partial charge in [0.15, 0.2) is 0 Å². The molecule has 0 aliphatic rings. The van der Waals surface area contributed by atoms with Crippen molar-refractivity contribution in [1.29, 1.82) is 5.26 Å². The second-order valence-electron chi connectivity index (χ2n) is 2.84. The lowest BCUT2D eigenvalue weighted by molar-refractivity contribution is 0.0376. The molecule has 0 radical (unpaired) electrons. The fourth-order valence-electron chi connectivity index (χ4n) is 0.931. The van der Waals surface area contributed by atoms with Crippen LogP contribution in [-0.4, -0.2) is 24.9 Å². The number of aliphatic hydroxyl groups excluding tert-OH is 1. The number of methoxy groups -OCH3 is 1. The minimum Gasteiger partial charge on any atom is -0.391 e. The molecule has 0 aromatic heterocycles. The van der Waals surface area contributed by atoms with E-state index in [9.17, 15) is 5.11 Å². The molecule has 3 unspecified atom stereocenters. The summed E-state index contributed by atoms with van der Waals surface area (Å²) in [4.78, 5) is 0. The van der Waals surface area contributed by atoms with Crippen LogP contribution in [0.25, 0.3) is 0 Å². The zero-order chi connectivity index (χ0) is 8.85. The average Bonchev–Trinajstić information content (AvgIpc) is 2.02. The first-order valence-corrected chi connectivity index (χ1v) is 3.70. The van der Waals surface area contributed by atoms with Crippen LogP contribution in [0.15, 0.2) is 0 Å². The minimum absolute atomic E-state index is 0.0228. The first-order valence-electron chi connectivity index (χ1n) is 3.70. The van der Waals surface area contributed by atoms with Crippen LogP contribution < -0.4 is 0 Å². The van der Waals surface area contributed by atoms with Gasteiger partial charge in [-0.15, -0.1) is 0 Å². The van der Waals surface area contributed by atoms with Crippen LogP contribution in [0.5, 0.6) is 0 Å². The van der Waals surface area contributed by atoms with Gasteiger partial charge < -0.3 is 9.84 Å². The van der Waals surface area contributed by atoms with Gasteiger partial charge in [0.1, 0.15) is 0 Å². The maximum atomic E-state index is 9.41. The smallest absolute Gasteiger partial charge is 0.0743 e. The van der Waals surface area contributed by atoms with Crippen molar-refractivity contribution in [3.63, 3.8) is 0 Å². The SMILES string of the molecule is COCC(C)C(O)C(C)C#N. The van der Waals surface area contributed by atoms with Crippen molar-refractivity contribution in [3.8, 4) is 6.07 Å². The standard InChI is InChI=1S/C8H15NO2/c1-6(4-9)8(10)7(2)5-11-3/h6-8,10H,5H2,1-3H3. The molecule has 0 saturated heterocycles. The lowest BCUT2D eigenvalue weighted by atomic mass is 9.95. The van der Waals surface area contributed by atoms with Crippen LogP contribution in [0.3, 0.4) is 0 Å². The van der Waals surface area contributed by atoms with Crippen molar-refractivity contribution in [3.05, 3.63) is 0 Å². The summed E-state index contributed by atoms with van der Waals surface area (Å²) in [5, 5.41) is 17.9. The molecule has 0 aromatic rings. The van der Waals surface area contributed by atoms with E-state index in [1.54, 1.807) is 14.0 Å². The summed E-state index contributed by atoms with van der Waals surface area (Å²) in [6.45, 7) is 4.06. The van der Waals surface area contributed by atoms with Crippen molar-refractivity contribution < 1.29 is 9.84 Å². The van der Waals surface area contributed by atoms with E-state index in [0.29, 0.717) is 6.61 Å². The molecule has 0 aromatic carbocycles. The summed E-state index contributed by atoms with van der Waals surface area (Å²) in [5.74, 6) is -0.296. The molecule has 0 aliphatic carbocycles. The van der Waals surface area contributed by atoms with Gasteiger partial charge in [-0.1, -0.05) is 6.92 Å². The summed E-state index contributed by atoms with van der Waals surface area (Å²) in [6.07, 6.45) is -0.583. The number of rotatable bonds is 4. The molecule has 11 heavy (non-hydrogen) atoms. The van der Waals surface area contributed by atoms with Crippen molar-refractivity contribution in [2.45, 2.75) is 20.0 Å². The molecule has 0 heterocycles. The van der Waals surface area contributed by atoms with Gasteiger partial charge in [0.25, 0.3) is 0 Å². The van der Waals surface area contributed by atoms with Gasteiger partial charge in [0, 0.05) is 13.0 Å². The largest absolute Gasteiger partial charge is 0.391 e. The summed E-state index contributed by atoms with van der Waals surface area (Å²) in [6, 6.07) is 2.00. The number of nitriles is 1. The molecule has 1 N–H and O–H groups in total. The topological polar surface area (TPSA) is 53.2 Å². The van der Waals surface area contributed by atoms with E-state index in [1.165, 1.54) is 0 Å². The Bertz CT molecular complexity index is 142. The molecular weight excluding hydrogens is 142 g/mol. The van der Waals surface area contributed by atoms with E-state index >= 15 is 0 Å². The number of aliphatic hydroxyl groups is 1. The highest BCUT2D eigenvalue weighted by Crippen LogP contribution is 2.11. The van der Waals surface area contributed by atoms with E-state index < -0.39 is 6.10 Å². The van der Waals surface area contributed by atoms with Crippen molar-refractivity contribution in [2.24, 2.45) is 11.8 Å². The van der Waals surface area contributed by atoms with Gasteiger partial charge in [-0.25, -0.2) is 0 Å². The predicted molar refractivity (Wildman–Crippen MR) is 41.8 cm³/mol. The van der Waals surface area contributed by atoms with Crippen molar-refractivity contribution in [2.75, 3.05) is 13.7 Å². The van der Waals surface area contributed by atoms with E-state index in [-0.39, 0.29) is 11.8 Å². The van der Waals surface area contributed by atoms with Crippen LogP contribution in [-0.2, 0) is 4.74 Å². The van der Waals surface area contributed by atoms with Gasteiger partial charge in [-0.3, -0.25) is 0 Å². The lowest BCUT2D eigenvalue weighted by Crippen LogP contribution is -2.27. The molecular formula is C8H15NO2. The molecule has 3 heteroatoms. The number of ether oxygens (including phenoxy) is 1. The molecule has 0 aliphatic heterocycles. The third-order valence-corrected chi connectivity index (χ3v) is 1.73. The first-order chi connectivity index (χ1) is 5.13. The Morgan fingerprint density at radius 2 is 2.09 bits per heavy atom. The second kappa shape index (κ2) is 5.11. The monoisotopic (exact) mass is 157 g/mol. The maximum Gasteiger partial charge on any atom is 0.0743 e. The van der Waals surface area contributed by atoms with Crippen molar-refractivity contribution >= 4 is 0 Å². The molecule has 0 spiro atoms. The Morgan fingerprint density at radius 3 is 2.45 bits per heavy atom. The maximum absolute atomic E-state index is 9.41. The Kier molecular flexibility index (Phi) is 4.84. The zero-order valence-corrected chi connectivity index (χ0v) is 7.24. The normalized spacial score (nSPS) is 18.5. The van der Waals surface area contributed by atoms with Gasteiger partial charge in [0.05, 0.1) is 24.7 Å². The third kappa shape index (κ3) is 3.35. The van der Waals surface area contributed by atoms with Gasteiger partial charge >= 0.3 is 0 Å². The highest BCUT2D eigenvalue weighted by molar-refractivity contribution is 4.86. The summed E-state index contributed by atoms with van der Waals surface area (Å²) < 4.78 is 4.85. The van der Waals surface area contributed by atoms with Crippen LogP contribution in [0.4, 0.5) is 0 Å².